The Morgan fingerprint density at radius 1 is 0.634 bits per heavy atom. The van der Waals surface area contributed by atoms with E-state index in [1.165, 1.54) is 54.8 Å². The maximum atomic E-state index is 11.6. The molecule has 0 N–H and O–H groups in total. The first-order valence-corrected chi connectivity index (χ1v) is 17.8. The lowest BCUT2D eigenvalue weighted by atomic mass is 10.1. The van der Waals surface area contributed by atoms with Crippen molar-refractivity contribution >= 4 is 40.7 Å². The van der Waals surface area contributed by atoms with Crippen molar-refractivity contribution in [3.05, 3.63) is 79.9 Å². The van der Waals surface area contributed by atoms with Gasteiger partial charge in [0.2, 0.25) is 0 Å². The molecule has 12 nitrogen and oxygen atoms in total. The third-order valence-electron chi connectivity index (χ3n) is 7.24. The van der Waals surface area contributed by atoms with Crippen molar-refractivity contribution in [3.8, 4) is 0 Å². The molecule has 2 aromatic rings. The molecule has 0 fully saturated rings. The van der Waals surface area contributed by atoms with E-state index in [1.807, 2.05) is 0 Å². The van der Waals surface area contributed by atoms with Gasteiger partial charge >= 0.3 is 17.6 Å². The summed E-state index contributed by atoms with van der Waals surface area (Å²) in [6, 6.07) is 13.3. The van der Waals surface area contributed by atoms with Crippen molar-refractivity contribution in [1.82, 2.24) is 0 Å². The summed E-state index contributed by atoms with van der Waals surface area (Å²) < 4.78 is 34.6. The maximum absolute atomic E-state index is 11.6. The monoisotopic (exact) mass is 628 g/mol. The first-order chi connectivity index (χ1) is 19.7. The molecule has 0 aliphatic carbocycles. The minimum Gasteiger partial charge on any atom is -0.377 e. The molecule has 0 amide bonds. The highest BCUT2D eigenvalue weighted by Crippen LogP contribution is 2.37. The zero-order valence-electron chi connectivity index (χ0n) is 24.4. The SMILES string of the molecule is CO[Si](OC)(OC)C(CCSCCC(Cc1ccccc1[N+](=O)[O-])[Si](OC)(OC)OC)Cc1ccccc1[N+](=O)[O-]. The number of benzene rings is 2. The zero-order chi connectivity index (χ0) is 30.5. The van der Waals surface area contributed by atoms with E-state index in [2.05, 4.69) is 0 Å². The zero-order valence-corrected chi connectivity index (χ0v) is 27.2. The average molecular weight is 629 g/mol. The Morgan fingerprint density at radius 3 is 1.24 bits per heavy atom. The van der Waals surface area contributed by atoms with Crippen LogP contribution in [0, 0.1) is 20.2 Å². The Kier molecular flexibility index (Phi) is 14.5. The van der Waals surface area contributed by atoms with Gasteiger partial charge in [0.05, 0.1) is 9.85 Å². The maximum Gasteiger partial charge on any atom is 0.503 e. The third-order valence-corrected chi connectivity index (χ3v) is 14.7. The van der Waals surface area contributed by atoms with Crippen LogP contribution in [0.2, 0.25) is 11.1 Å². The highest BCUT2D eigenvalue weighted by atomic mass is 32.2. The summed E-state index contributed by atoms with van der Waals surface area (Å²) >= 11 is 1.69. The van der Waals surface area contributed by atoms with Gasteiger partial charge in [0.15, 0.2) is 0 Å². The number of nitrogens with zero attached hydrogens (tertiary/aromatic N) is 2. The van der Waals surface area contributed by atoms with Crippen LogP contribution in [0.15, 0.2) is 48.5 Å². The number of nitro benzene ring substituents is 2. The minimum absolute atomic E-state index is 0.0502. The van der Waals surface area contributed by atoms with Crippen molar-refractivity contribution in [1.29, 1.82) is 0 Å². The molecule has 41 heavy (non-hydrogen) atoms. The van der Waals surface area contributed by atoms with Gasteiger partial charge in [-0.2, -0.15) is 11.8 Å². The molecule has 0 heterocycles. The van der Waals surface area contributed by atoms with Gasteiger partial charge in [0.25, 0.3) is 11.4 Å². The summed E-state index contributed by atoms with van der Waals surface area (Å²) in [6.45, 7) is 0. The van der Waals surface area contributed by atoms with Gasteiger partial charge in [-0.25, -0.2) is 0 Å². The van der Waals surface area contributed by atoms with Crippen LogP contribution in [0.5, 0.6) is 0 Å². The molecule has 2 unspecified atom stereocenters. The quantitative estimate of drug-likeness (QED) is 0.0816. The van der Waals surface area contributed by atoms with Crippen molar-refractivity contribution in [2.24, 2.45) is 0 Å². The molecular formula is C26H40N2O10SSi2. The largest absolute Gasteiger partial charge is 0.503 e. The van der Waals surface area contributed by atoms with Gasteiger partial charge in [-0.3, -0.25) is 20.2 Å². The van der Waals surface area contributed by atoms with Crippen molar-refractivity contribution in [2.45, 2.75) is 36.8 Å². The lowest BCUT2D eigenvalue weighted by Crippen LogP contribution is -2.49. The second-order valence-electron chi connectivity index (χ2n) is 9.20. The van der Waals surface area contributed by atoms with E-state index >= 15 is 0 Å². The summed E-state index contributed by atoms with van der Waals surface area (Å²) in [5.41, 5.74) is 0.851. The van der Waals surface area contributed by atoms with Gasteiger partial charge in [0, 0.05) is 77.0 Å². The molecule has 15 heteroatoms. The topological polar surface area (TPSA) is 142 Å². The van der Waals surface area contributed by atoms with E-state index in [4.69, 9.17) is 26.6 Å². The van der Waals surface area contributed by atoms with E-state index < -0.39 is 17.6 Å². The average Bonchev–Trinajstić information content (AvgIpc) is 2.99. The van der Waals surface area contributed by atoms with Gasteiger partial charge in [-0.15, -0.1) is 0 Å². The van der Waals surface area contributed by atoms with Crippen LogP contribution in [-0.4, -0.2) is 81.6 Å². The molecule has 2 aromatic carbocycles. The highest BCUT2D eigenvalue weighted by molar-refractivity contribution is 7.99. The molecule has 2 rings (SSSR count). The first-order valence-electron chi connectivity index (χ1n) is 13.0. The predicted molar refractivity (Wildman–Crippen MR) is 161 cm³/mol. The number of hydrogen-bond donors (Lipinski definition) is 0. The van der Waals surface area contributed by atoms with E-state index in [-0.39, 0.29) is 32.3 Å². The minimum atomic E-state index is -3.14. The Morgan fingerprint density at radius 2 is 0.951 bits per heavy atom. The lowest BCUT2D eigenvalue weighted by Gasteiger charge is -2.33. The summed E-state index contributed by atoms with van der Waals surface area (Å²) in [4.78, 5) is 22.5. The normalized spacial score (nSPS) is 13.6. The molecule has 0 saturated carbocycles. The van der Waals surface area contributed by atoms with Crippen LogP contribution >= 0.6 is 11.8 Å². The molecule has 0 spiro atoms. The first kappa shape index (κ1) is 35.0. The van der Waals surface area contributed by atoms with E-state index in [0.717, 1.165) is 0 Å². The third kappa shape index (κ3) is 8.89. The fraction of sp³-hybridized carbons (Fsp3) is 0.538. The molecule has 0 radical (unpaired) electrons. The second-order valence-corrected chi connectivity index (χ2v) is 16.9. The highest BCUT2D eigenvalue weighted by Gasteiger charge is 2.48. The predicted octanol–water partition coefficient (Wildman–Crippen LogP) is 5.30. The Balaban J connectivity index is 2.19. The van der Waals surface area contributed by atoms with Crippen LogP contribution < -0.4 is 0 Å². The summed E-state index contributed by atoms with van der Waals surface area (Å²) in [5.74, 6) is 1.41. The summed E-state index contributed by atoms with van der Waals surface area (Å²) in [7, 11) is 2.95. The van der Waals surface area contributed by atoms with Crippen LogP contribution in [0.25, 0.3) is 0 Å². The van der Waals surface area contributed by atoms with Crippen molar-refractivity contribution < 1.29 is 36.4 Å². The number of hydrogen-bond acceptors (Lipinski definition) is 11. The Hall–Kier alpha value is -2.22. The molecule has 228 valence electrons. The van der Waals surface area contributed by atoms with E-state index in [0.29, 0.717) is 48.3 Å². The molecule has 0 aromatic heterocycles. The number of nitro groups is 2. The number of rotatable bonds is 20. The molecule has 0 bridgehead atoms. The van der Waals surface area contributed by atoms with E-state index in [1.54, 1.807) is 48.2 Å². The van der Waals surface area contributed by atoms with Crippen molar-refractivity contribution in [3.63, 3.8) is 0 Å². The standard InChI is InChI=1S/C26H40N2O10SSi2/c1-33-40(34-2,35-3)23(19-21-11-7-9-13-25(21)27(29)30)15-17-39-18-16-24(41(36-4,37-5)38-6)20-22-12-8-10-14-26(22)28(31)32/h7-14,23-24H,15-20H2,1-6H3. The number of para-hydroxylation sites is 2. The van der Waals surface area contributed by atoms with E-state index in [9.17, 15) is 20.2 Å². The van der Waals surface area contributed by atoms with Crippen molar-refractivity contribution in [2.75, 3.05) is 54.2 Å². The fourth-order valence-electron chi connectivity index (χ4n) is 5.11. The fourth-order valence-corrected chi connectivity index (χ4v) is 11.6. The molecule has 2 atom stereocenters. The summed E-state index contributed by atoms with van der Waals surface area (Å²) in [5, 5.41) is 23.2. The van der Waals surface area contributed by atoms with Crippen LogP contribution in [0.4, 0.5) is 11.4 Å². The molecule has 0 aliphatic heterocycles. The molecule has 0 saturated heterocycles. The summed E-state index contributed by atoms with van der Waals surface area (Å²) in [6.07, 6.45) is 2.00. The number of thioether (sulfide) groups is 1. The lowest BCUT2D eigenvalue weighted by molar-refractivity contribution is -0.385. The van der Waals surface area contributed by atoms with Crippen LogP contribution in [-0.2, 0) is 39.4 Å². The smallest absolute Gasteiger partial charge is 0.377 e. The molecular weight excluding hydrogens is 589 g/mol. The Bertz CT molecular complexity index is 1020. The van der Waals surface area contributed by atoms with Crippen LogP contribution in [0.3, 0.4) is 0 Å². The Labute approximate surface area is 247 Å². The van der Waals surface area contributed by atoms with Gasteiger partial charge < -0.3 is 26.6 Å². The molecule has 0 aliphatic rings. The van der Waals surface area contributed by atoms with Crippen LogP contribution in [0.1, 0.15) is 24.0 Å². The second kappa shape index (κ2) is 17.0. The van der Waals surface area contributed by atoms with Gasteiger partial charge in [-0.05, 0) is 37.2 Å². The van der Waals surface area contributed by atoms with Gasteiger partial charge in [0.1, 0.15) is 0 Å². The van der Waals surface area contributed by atoms with Gasteiger partial charge in [-0.1, -0.05) is 36.4 Å².